The zero-order valence-corrected chi connectivity index (χ0v) is 10.2. The maximum Gasteiger partial charge on any atom is 0.416 e. The number of rotatable bonds is 3. The Morgan fingerprint density at radius 1 is 1.45 bits per heavy atom. The third kappa shape index (κ3) is 3.59. The first-order valence-corrected chi connectivity index (χ1v) is 5.32. The van der Waals surface area contributed by atoms with Crippen LogP contribution >= 0.6 is 0 Å². The lowest BCUT2D eigenvalue weighted by Gasteiger charge is -2.13. The van der Waals surface area contributed by atoms with Gasteiger partial charge in [-0.05, 0) is 25.1 Å². The van der Waals surface area contributed by atoms with Crippen molar-refractivity contribution in [2.24, 2.45) is 16.8 Å². The van der Waals surface area contributed by atoms with E-state index in [0.717, 1.165) is 0 Å². The maximum atomic E-state index is 13.4. The lowest BCUT2D eigenvalue weighted by atomic mass is 10.1. The fourth-order valence-corrected chi connectivity index (χ4v) is 1.26. The van der Waals surface area contributed by atoms with Gasteiger partial charge in [0.1, 0.15) is 5.82 Å². The number of hydrogen-bond acceptors (Lipinski definition) is 3. The van der Waals surface area contributed by atoms with Crippen LogP contribution < -0.4 is 11.1 Å². The highest BCUT2D eigenvalue weighted by molar-refractivity contribution is 6.07. The van der Waals surface area contributed by atoms with Crippen LogP contribution in [0.15, 0.2) is 23.4 Å². The fourth-order valence-electron chi connectivity index (χ4n) is 1.26. The van der Waals surface area contributed by atoms with E-state index in [9.17, 15) is 22.4 Å². The average molecular weight is 293 g/mol. The van der Waals surface area contributed by atoms with Gasteiger partial charge in [0.15, 0.2) is 5.84 Å². The number of oxime groups is 1. The Morgan fingerprint density at radius 3 is 2.55 bits per heavy atom. The van der Waals surface area contributed by atoms with Crippen molar-refractivity contribution in [2.45, 2.75) is 13.1 Å². The van der Waals surface area contributed by atoms with Crippen LogP contribution in [0.5, 0.6) is 0 Å². The molecule has 110 valence electrons. The summed E-state index contributed by atoms with van der Waals surface area (Å²) >= 11 is 0. The van der Waals surface area contributed by atoms with Crippen molar-refractivity contribution >= 4 is 17.4 Å². The van der Waals surface area contributed by atoms with Crippen molar-refractivity contribution in [3.63, 3.8) is 0 Å². The molecule has 5 nitrogen and oxygen atoms in total. The van der Waals surface area contributed by atoms with Gasteiger partial charge >= 0.3 is 6.18 Å². The van der Waals surface area contributed by atoms with Crippen molar-refractivity contribution in [3.8, 4) is 0 Å². The van der Waals surface area contributed by atoms with Gasteiger partial charge in [-0.3, -0.25) is 4.79 Å². The number of nitrogens with two attached hydrogens (primary N) is 1. The minimum absolute atomic E-state index is 0.449. The normalized spacial score (nSPS) is 13.9. The highest BCUT2D eigenvalue weighted by atomic mass is 19.4. The summed E-state index contributed by atoms with van der Waals surface area (Å²) < 4.78 is 50.8. The van der Waals surface area contributed by atoms with Crippen LogP contribution in [0.1, 0.15) is 12.5 Å². The summed E-state index contributed by atoms with van der Waals surface area (Å²) in [6.07, 6.45) is -4.66. The van der Waals surface area contributed by atoms with Gasteiger partial charge in [-0.2, -0.15) is 13.2 Å². The van der Waals surface area contributed by atoms with E-state index >= 15 is 0 Å². The number of amides is 1. The Kier molecular flexibility index (Phi) is 4.53. The number of hydrogen-bond donors (Lipinski definition) is 3. The Labute approximate surface area is 111 Å². The van der Waals surface area contributed by atoms with E-state index in [-0.39, 0.29) is 0 Å². The standard InChI is InChI=1S/C11H11F4N3O2/c1-5(9(16)18-20)10(19)17-8-4-6(11(13,14)15)2-3-7(8)12/h2-5,20H,1H3,(H2,16,18)(H,17,19). The highest BCUT2D eigenvalue weighted by Gasteiger charge is 2.31. The molecule has 1 aromatic rings. The van der Waals surface area contributed by atoms with Crippen molar-refractivity contribution in [3.05, 3.63) is 29.6 Å². The Hall–Kier alpha value is -2.32. The molecule has 0 aliphatic heterocycles. The lowest BCUT2D eigenvalue weighted by molar-refractivity contribution is -0.137. The van der Waals surface area contributed by atoms with Gasteiger partial charge in [-0.25, -0.2) is 4.39 Å². The molecule has 1 atom stereocenters. The smallest absolute Gasteiger partial charge is 0.409 e. The molecule has 0 bridgehead atoms. The number of alkyl halides is 3. The number of carbonyl (C=O) groups is 1. The van der Waals surface area contributed by atoms with Gasteiger partial charge in [-0.1, -0.05) is 5.16 Å². The van der Waals surface area contributed by atoms with Crippen LogP contribution in [0.4, 0.5) is 23.2 Å². The third-order valence-corrected chi connectivity index (χ3v) is 2.50. The first-order chi connectivity index (χ1) is 9.16. The summed E-state index contributed by atoms with van der Waals surface area (Å²) in [4.78, 5) is 11.6. The monoisotopic (exact) mass is 293 g/mol. The predicted molar refractivity (Wildman–Crippen MR) is 62.6 cm³/mol. The predicted octanol–water partition coefficient (Wildman–Crippen LogP) is 2.17. The molecule has 0 aliphatic carbocycles. The molecule has 1 unspecified atom stereocenters. The largest absolute Gasteiger partial charge is 0.416 e. The number of nitrogens with one attached hydrogen (secondary N) is 1. The third-order valence-electron chi connectivity index (χ3n) is 2.50. The van der Waals surface area contributed by atoms with E-state index in [2.05, 4.69) is 5.16 Å². The first kappa shape index (κ1) is 15.7. The van der Waals surface area contributed by atoms with Gasteiger partial charge < -0.3 is 16.3 Å². The molecule has 4 N–H and O–H groups in total. The average Bonchev–Trinajstić information content (AvgIpc) is 2.38. The summed E-state index contributed by atoms with van der Waals surface area (Å²) in [5.41, 5.74) is 3.43. The first-order valence-electron chi connectivity index (χ1n) is 5.32. The number of anilines is 1. The molecule has 1 amide bonds. The molecule has 0 spiro atoms. The molecule has 0 saturated carbocycles. The molecule has 0 saturated heterocycles. The van der Waals surface area contributed by atoms with Crippen molar-refractivity contribution in [1.29, 1.82) is 0 Å². The molecule has 9 heteroatoms. The topological polar surface area (TPSA) is 87.7 Å². The Bertz CT molecular complexity index is 543. The second kappa shape index (κ2) is 5.76. The SMILES string of the molecule is CC(C(=O)Nc1cc(C(F)(F)F)ccc1F)C(N)=NO. The summed E-state index contributed by atoms with van der Waals surface area (Å²) in [6.45, 7) is 1.25. The fraction of sp³-hybridized carbons (Fsp3) is 0.273. The van der Waals surface area contributed by atoms with Crippen LogP contribution in [0.3, 0.4) is 0 Å². The Morgan fingerprint density at radius 2 is 2.05 bits per heavy atom. The van der Waals surface area contributed by atoms with Gasteiger partial charge in [0.25, 0.3) is 0 Å². The highest BCUT2D eigenvalue weighted by Crippen LogP contribution is 2.31. The number of carbonyl (C=O) groups excluding carboxylic acids is 1. The Balaban J connectivity index is 3.01. The zero-order chi connectivity index (χ0) is 15.5. The van der Waals surface area contributed by atoms with Gasteiger partial charge in [0.2, 0.25) is 5.91 Å². The minimum Gasteiger partial charge on any atom is -0.409 e. The minimum atomic E-state index is -4.66. The van der Waals surface area contributed by atoms with Crippen molar-refractivity contribution < 1.29 is 27.6 Å². The second-order valence-corrected chi connectivity index (χ2v) is 3.93. The molecule has 1 aromatic carbocycles. The van der Waals surface area contributed by atoms with E-state index < -0.39 is 40.9 Å². The molecular weight excluding hydrogens is 282 g/mol. The quantitative estimate of drug-likeness (QED) is 0.262. The number of amidine groups is 1. The summed E-state index contributed by atoms with van der Waals surface area (Å²) in [6, 6.07) is 1.61. The van der Waals surface area contributed by atoms with Crippen LogP contribution in [0, 0.1) is 11.7 Å². The summed E-state index contributed by atoms with van der Waals surface area (Å²) in [7, 11) is 0. The van der Waals surface area contributed by atoms with E-state index in [1.54, 1.807) is 0 Å². The van der Waals surface area contributed by atoms with E-state index in [1.165, 1.54) is 6.92 Å². The van der Waals surface area contributed by atoms with Crippen molar-refractivity contribution in [2.75, 3.05) is 5.32 Å². The molecular formula is C11H11F4N3O2. The van der Waals surface area contributed by atoms with Crippen LogP contribution in [0.25, 0.3) is 0 Å². The van der Waals surface area contributed by atoms with Gasteiger partial charge in [0, 0.05) is 0 Å². The molecule has 0 heterocycles. The second-order valence-electron chi connectivity index (χ2n) is 3.93. The zero-order valence-electron chi connectivity index (χ0n) is 10.2. The maximum absolute atomic E-state index is 13.4. The molecule has 0 radical (unpaired) electrons. The molecule has 20 heavy (non-hydrogen) atoms. The number of halogens is 4. The molecule has 0 aromatic heterocycles. The molecule has 1 rings (SSSR count). The van der Waals surface area contributed by atoms with Crippen molar-refractivity contribution in [1.82, 2.24) is 0 Å². The van der Waals surface area contributed by atoms with Gasteiger partial charge in [-0.15, -0.1) is 0 Å². The van der Waals surface area contributed by atoms with Crippen LogP contribution in [0.2, 0.25) is 0 Å². The van der Waals surface area contributed by atoms with E-state index in [0.29, 0.717) is 18.2 Å². The number of nitrogens with zero attached hydrogens (tertiary/aromatic N) is 1. The van der Waals surface area contributed by atoms with E-state index in [1.807, 2.05) is 5.32 Å². The summed E-state index contributed by atoms with van der Waals surface area (Å²) in [5, 5.41) is 12.9. The van der Waals surface area contributed by atoms with Crippen LogP contribution in [-0.2, 0) is 11.0 Å². The van der Waals surface area contributed by atoms with Crippen LogP contribution in [-0.4, -0.2) is 17.0 Å². The molecule has 0 aliphatic rings. The molecule has 0 fully saturated rings. The van der Waals surface area contributed by atoms with E-state index in [4.69, 9.17) is 10.9 Å². The summed E-state index contributed by atoms with van der Waals surface area (Å²) in [5.74, 6) is -3.51. The van der Waals surface area contributed by atoms with Gasteiger partial charge in [0.05, 0.1) is 17.2 Å². The lowest BCUT2D eigenvalue weighted by Crippen LogP contribution is -2.32. The number of benzene rings is 1.